The fourth-order valence-corrected chi connectivity index (χ4v) is 2.18. The second kappa shape index (κ2) is 18.1. The van der Waals surface area contributed by atoms with Crippen molar-refractivity contribution in [3.63, 3.8) is 0 Å². The van der Waals surface area contributed by atoms with Gasteiger partial charge in [-0.1, -0.05) is 0 Å². The number of piperidine rings is 3. The van der Waals surface area contributed by atoms with Gasteiger partial charge in [-0.25, -0.2) is 0 Å². The number of hydrogen-bond acceptors (Lipinski definition) is 1. The Labute approximate surface area is 151 Å². The van der Waals surface area contributed by atoms with Crippen molar-refractivity contribution in [2.45, 2.75) is 19.3 Å². The molecule has 19 heavy (non-hydrogen) atoms. The van der Waals surface area contributed by atoms with Crippen molar-refractivity contribution in [1.82, 2.24) is 4.90 Å². The van der Waals surface area contributed by atoms with Gasteiger partial charge in [0.15, 0.2) is 0 Å². The molecular formula is C13H18Br2InNNiO. The van der Waals surface area contributed by atoms with Gasteiger partial charge >= 0.3 is 54.1 Å². The van der Waals surface area contributed by atoms with E-state index in [1.807, 2.05) is 32.1 Å². The Balaban J connectivity index is 0. The Morgan fingerprint density at radius 1 is 0.895 bits per heavy atom. The standard InChI is InChI=1S/C7H13N.C5H5.CO.2BrH.In.Ni/c1-4-8-5-2-7(1)3-6-8;1-2-4-5-3-1;1-2;;;;/h7H,1-6H2;1-5H;;2*1H;;/q;;;;;+2;/p-2. The van der Waals surface area contributed by atoms with Crippen LogP contribution in [0.4, 0.5) is 0 Å². The Kier molecular flexibility index (Phi) is 22.2. The van der Waals surface area contributed by atoms with Crippen LogP contribution in [0.5, 0.6) is 0 Å². The van der Waals surface area contributed by atoms with Gasteiger partial charge in [0.1, 0.15) is 0 Å². The Morgan fingerprint density at radius 2 is 1.16 bits per heavy atom. The monoisotopic (exact) mass is 535 g/mol. The van der Waals surface area contributed by atoms with Gasteiger partial charge in [-0.05, 0) is 76.9 Å². The fraction of sp³-hybridized carbons (Fsp3) is 0.538. The zero-order valence-corrected chi connectivity index (χ0v) is 18.2. The van der Waals surface area contributed by atoms with Crippen molar-refractivity contribution in [2.75, 3.05) is 19.6 Å². The molecule has 6 radical (unpaired) electrons. The Bertz CT molecular complexity index is 168. The summed E-state index contributed by atoms with van der Waals surface area (Å²) in [6.07, 6.45) is 14.5. The second-order valence-electron chi connectivity index (χ2n) is 4.12. The molecule has 0 aromatic rings. The van der Waals surface area contributed by atoms with E-state index in [1.54, 1.807) is 0 Å². The van der Waals surface area contributed by atoms with E-state index >= 15 is 0 Å². The van der Waals surface area contributed by atoms with E-state index in [-0.39, 0.29) is 34.7 Å². The molecule has 2 bridgehead atoms. The molecule has 3 aliphatic heterocycles. The molecule has 0 aromatic heterocycles. The summed E-state index contributed by atoms with van der Waals surface area (Å²) >= 11 is 6.24. The van der Waals surface area contributed by atoms with Gasteiger partial charge in [0, 0.05) is 16.5 Å². The second-order valence-corrected chi connectivity index (χ2v) is 19.0. The van der Waals surface area contributed by atoms with Gasteiger partial charge in [0.2, 0.25) is 0 Å². The zero-order chi connectivity index (χ0) is 13.6. The average molecular weight is 538 g/mol. The molecule has 4 aliphatic rings. The maximum Gasteiger partial charge on any atom is 0 e. The topological polar surface area (TPSA) is 23.1 Å². The Morgan fingerprint density at radius 3 is 1.26 bits per heavy atom. The molecule has 3 saturated heterocycles. The molecular weight excluding hydrogens is 519 g/mol. The molecule has 2 nitrogen and oxygen atoms in total. The van der Waals surface area contributed by atoms with Crippen molar-refractivity contribution >= 4 is 42.8 Å². The molecule has 6 heteroatoms. The van der Waals surface area contributed by atoms with Crippen LogP contribution >= 0.6 is 24.6 Å². The maximum absolute atomic E-state index is 7.50. The van der Waals surface area contributed by atoms with Gasteiger partial charge in [0.05, 0.1) is 0 Å². The number of rotatable bonds is 0. The zero-order valence-electron chi connectivity index (χ0n) is 10.7. The third-order valence-electron chi connectivity index (χ3n) is 3.12. The molecule has 4 rings (SSSR count). The molecule has 1 aliphatic carbocycles. The van der Waals surface area contributed by atoms with Crippen LogP contribution in [0.3, 0.4) is 0 Å². The predicted molar refractivity (Wildman–Crippen MR) is 82.8 cm³/mol. The van der Waals surface area contributed by atoms with Gasteiger partial charge in [-0.3, -0.25) is 0 Å². The van der Waals surface area contributed by atoms with E-state index in [4.69, 9.17) is 4.65 Å². The summed E-state index contributed by atoms with van der Waals surface area (Å²) in [4.78, 5) is 2.58. The van der Waals surface area contributed by atoms with Crippen molar-refractivity contribution in [1.29, 1.82) is 0 Å². The van der Waals surface area contributed by atoms with Crippen LogP contribution in [0, 0.1) is 44.7 Å². The molecule has 0 unspecified atom stereocenters. The third kappa shape index (κ3) is 13.4. The average Bonchev–Trinajstić information content (AvgIpc) is 3.03. The summed E-state index contributed by atoms with van der Waals surface area (Å²) in [5, 5.41) is 0. The summed E-state index contributed by atoms with van der Waals surface area (Å²) in [6.45, 7) is 8.68. The van der Waals surface area contributed by atoms with E-state index < -0.39 is 0 Å². The number of nitrogens with zero attached hydrogens (tertiary/aromatic N) is 1. The summed E-state index contributed by atoms with van der Waals surface area (Å²) in [6, 6.07) is 0. The molecule has 3 heterocycles. The van der Waals surface area contributed by atoms with Crippen molar-refractivity contribution in [3.8, 4) is 0 Å². The van der Waals surface area contributed by atoms with Crippen LogP contribution < -0.4 is 0 Å². The van der Waals surface area contributed by atoms with E-state index in [9.17, 15) is 0 Å². The minimum Gasteiger partial charge on any atom is -0.0312 e. The largest absolute Gasteiger partial charge is 0.0312 e. The van der Waals surface area contributed by atoms with Gasteiger partial charge in [0.25, 0.3) is 0 Å². The molecule has 1 saturated carbocycles. The van der Waals surface area contributed by atoms with E-state index in [0.29, 0.717) is 0 Å². The van der Waals surface area contributed by atoms with Crippen LogP contribution in [-0.4, -0.2) is 42.8 Å². The van der Waals surface area contributed by atoms with Crippen LogP contribution in [-0.2, 0) is 21.1 Å². The van der Waals surface area contributed by atoms with E-state index in [1.165, 1.54) is 38.9 Å². The predicted octanol–water partition coefficient (Wildman–Crippen LogP) is 3.39. The first-order valence-corrected chi connectivity index (χ1v) is 20.8. The number of hydrogen-bond donors (Lipinski definition) is 0. The maximum atomic E-state index is 7.50. The minimum atomic E-state index is -0.265. The van der Waals surface area contributed by atoms with Gasteiger partial charge in [-0.2, -0.15) is 0 Å². The summed E-state index contributed by atoms with van der Waals surface area (Å²) in [5.74, 6) is 1.11. The SMILES string of the molecule is C1CN2CCC1CC2.[Br][In][Br].[C-]#[O+].[CH]1[CH][CH][CH][CH]1.[Ni]. The quantitative estimate of drug-likeness (QED) is 0.264. The third-order valence-corrected chi connectivity index (χ3v) is 3.12. The van der Waals surface area contributed by atoms with Crippen molar-refractivity contribution in [2.24, 2.45) is 5.92 Å². The number of halogens is 2. The van der Waals surface area contributed by atoms with Crippen LogP contribution in [0.25, 0.3) is 0 Å². The number of fused-ring (bicyclic) bond motifs is 3. The van der Waals surface area contributed by atoms with E-state index in [0.717, 1.165) is 5.92 Å². The molecule has 4 fully saturated rings. The van der Waals surface area contributed by atoms with Crippen molar-refractivity contribution < 1.29 is 21.1 Å². The molecule has 0 atom stereocenters. The van der Waals surface area contributed by atoms with Crippen LogP contribution in [0.1, 0.15) is 19.3 Å². The normalized spacial score (nSPS) is 26.1. The van der Waals surface area contributed by atoms with Crippen molar-refractivity contribution in [3.05, 3.63) is 38.8 Å². The fourth-order valence-electron chi connectivity index (χ4n) is 2.18. The first-order chi connectivity index (χ1) is 8.86. The first-order valence-electron chi connectivity index (χ1n) is 5.98. The summed E-state index contributed by atoms with van der Waals surface area (Å²) < 4.78 is 7.50. The molecule has 0 N–H and O–H groups in total. The summed E-state index contributed by atoms with van der Waals surface area (Å²) in [7, 11) is 0. The molecule has 0 spiro atoms. The van der Waals surface area contributed by atoms with Crippen LogP contribution in [0.2, 0.25) is 0 Å². The molecule has 108 valence electrons. The molecule has 0 amide bonds. The van der Waals surface area contributed by atoms with E-state index in [2.05, 4.69) is 36.1 Å². The summed E-state index contributed by atoms with van der Waals surface area (Å²) in [5.41, 5.74) is 0. The minimum absolute atomic E-state index is 0. The smallest absolute Gasteiger partial charge is 0 e. The van der Waals surface area contributed by atoms with Crippen LogP contribution in [0.15, 0.2) is 0 Å². The van der Waals surface area contributed by atoms with Gasteiger partial charge in [-0.15, -0.1) is 0 Å². The Hall–Kier alpha value is 2.02. The first kappa shape index (κ1) is 23.3. The van der Waals surface area contributed by atoms with Gasteiger partial charge < -0.3 is 4.90 Å². The molecule has 0 aromatic carbocycles.